The molecule has 0 spiro atoms. The summed E-state index contributed by atoms with van der Waals surface area (Å²) >= 11 is 0. The molecule has 0 N–H and O–H groups in total. The third-order valence-electron chi connectivity index (χ3n) is 7.34. The first-order chi connectivity index (χ1) is 13.8. The van der Waals surface area contributed by atoms with Gasteiger partial charge in [-0.25, -0.2) is 0 Å². The molecule has 0 bridgehead atoms. The van der Waals surface area contributed by atoms with Gasteiger partial charge in [0.2, 0.25) is 5.69 Å². The summed E-state index contributed by atoms with van der Waals surface area (Å²) in [6.45, 7) is 11.6. The van der Waals surface area contributed by atoms with Crippen molar-refractivity contribution in [2.24, 2.45) is 12.5 Å². The number of hydrogen-bond donors (Lipinski definition) is 0. The van der Waals surface area contributed by atoms with Gasteiger partial charge in [-0.05, 0) is 84.6 Å². The van der Waals surface area contributed by atoms with Crippen LogP contribution in [0.15, 0.2) is 42.5 Å². The standard InChI is InChI=1S/C28H36N/c1-7-21-9-8-19(2)26(17-21)27-25-11-10-23(18-24(25)16-20(3)29(27)6)22-12-14-28(4,5)15-13-22/h8-11,16-18,22H,7,12-15H2,1-6H3/q+1. The summed E-state index contributed by atoms with van der Waals surface area (Å²) in [5, 5.41) is 2.76. The van der Waals surface area contributed by atoms with Crippen molar-refractivity contribution in [1.29, 1.82) is 0 Å². The molecular formula is C28H36N+. The first-order valence-corrected chi connectivity index (χ1v) is 11.3. The summed E-state index contributed by atoms with van der Waals surface area (Å²) in [7, 11) is 2.21. The average molecular weight is 387 g/mol. The van der Waals surface area contributed by atoms with Gasteiger partial charge >= 0.3 is 0 Å². The fourth-order valence-electron chi connectivity index (χ4n) is 5.05. The minimum atomic E-state index is 0.521. The second-order valence-electron chi connectivity index (χ2n) is 9.98. The van der Waals surface area contributed by atoms with Gasteiger partial charge in [-0.15, -0.1) is 0 Å². The lowest BCUT2D eigenvalue weighted by Gasteiger charge is -2.34. The van der Waals surface area contributed by atoms with Crippen molar-refractivity contribution in [2.75, 3.05) is 0 Å². The molecule has 3 aromatic rings. The Labute approximate surface area is 176 Å². The number of aryl methyl sites for hydroxylation is 3. The van der Waals surface area contributed by atoms with E-state index < -0.39 is 0 Å². The summed E-state index contributed by atoms with van der Waals surface area (Å²) in [6, 6.07) is 16.6. The molecule has 0 atom stereocenters. The minimum Gasteiger partial charge on any atom is -0.198 e. The van der Waals surface area contributed by atoms with Crippen molar-refractivity contribution in [3.63, 3.8) is 0 Å². The van der Waals surface area contributed by atoms with Crippen LogP contribution in [0.1, 0.15) is 74.8 Å². The smallest absolute Gasteiger partial charge is 0.198 e. The summed E-state index contributed by atoms with van der Waals surface area (Å²) in [4.78, 5) is 0. The molecule has 0 saturated heterocycles. The lowest BCUT2D eigenvalue weighted by atomic mass is 9.71. The Balaban J connectivity index is 1.83. The van der Waals surface area contributed by atoms with Crippen LogP contribution >= 0.6 is 0 Å². The van der Waals surface area contributed by atoms with Gasteiger partial charge in [0.05, 0.1) is 5.39 Å². The van der Waals surface area contributed by atoms with Gasteiger partial charge < -0.3 is 0 Å². The van der Waals surface area contributed by atoms with Crippen LogP contribution < -0.4 is 4.57 Å². The van der Waals surface area contributed by atoms with Crippen molar-refractivity contribution in [3.8, 4) is 11.3 Å². The number of nitrogens with zero attached hydrogens (tertiary/aromatic N) is 1. The number of hydrogen-bond acceptors (Lipinski definition) is 0. The van der Waals surface area contributed by atoms with Gasteiger partial charge in [-0.3, -0.25) is 0 Å². The first-order valence-electron chi connectivity index (χ1n) is 11.3. The molecule has 0 amide bonds. The fourth-order valence-corrected chi connectivity index (χ4v) is 5.05. The van der Waals surface area contributed by atoms with Crippen LogP contribution in [0.3, 0.4) is 0 Å². The normalized spacial score (nSPS) is 17.0. The van der Waals surface area contributed by atoms with E-state index in [0.717, 1.165) is 12.3 Å². The van der Waals surface area contributed by atoms with E-state index in [2.05, 4.69) is 88.7 Å². The average Bonchev–Trinajstić information content (AvgIpc) is 2.69. The van der Waals surface area contributed by atoms with Crippen LogP contribution in [0, 0.1) is 19.3 Å². The Hall–Kier alpha value is -2.15. The molecule has 1 aliphatic carbocycles. The molecule has 0 aliphatic heterocycles. The number of fused-ring (bicyclic) bond motifs is 1. The van der Waals surface area contributed by atoms with Crippen molar-refractivity contribution >= 4 is 10.8 Å². The molecule has 1 saturated carbocycles. The Morgan fingerprint density at radius 2 is 1.69 bits per heavy atom. The SMILES string of the molecule is CCc1ccc(C)c(-c2c3ccc(C4CCC(C)(C)CC4)cc3cc(C)[n+]2C)c1. The summed E-state index contributed by atoms with van der Waals surface area (Å²) in [5.41, 5.74) is 8.84. The Bertz CT molecular complexity index is 1050. The summed E-state index contributed by atoms with van der Waals surface area (Å²) < 4.78 is 2.37. The van der Waals surface area contributed by atoms with Gasteiger partial charge in [-0.2, -0.15) is 4.57 Å². The molecular weight excluding hydrogens is 350 g/mol. The van der Waals surface area contributed by atoms with E-state index in [4.69, 9.17) is 0 Å². The van der Waals surface area contributed by atoms with E-state index in [1.54, 1.807) is 0 Å². The molecule has 152 valence electrons. The number of aromatic nitrogens is 1. The monoisotopic (exact) mass is 386 g/mol. The van der Waals surface area contributed by atoms with Gasteiger partial charge in [-0.1, -0.05) is 45.0 Å². The van der Waals surface area contributed by atoms with Crippen LogP contribution in [0.25, 0.3) is 22.0 Å². The maximum atomic E-state index is 2.48. The highest BCUT2D eigenvalue weighted by atomic mass is 14.9. The molecule has 29 heavy (non-hydrogen) atoms. The molecule has 1 heterocycles. The van der Waals surface area contributed by atoms with E-state index in [1.165, 1.54) is 70.1 Å². The lowest BCUT2D eigenvalue weighted by molar-refractivity contribution is -0.665. The zero-order valence-electron chi connectivity index (χ0n) is 19.1. The third kappa shape index (κ3) is 3.84. The van der Waals surface area contributed by atoms with Gasteiger partial charge in [0, 0.05) is 18.6 Å². The second kappa shape index (κ2) is 7.59. The summed E-state index contributed by atoms with van der Waals surface area (Å²) in [5.74, 6) is 0.718. The first kappa shape index (κ1) is 20.1. The van der Waals surface area contributed by atoms with Gasteiger partial charge in [0.25, 0.3) is 0 Å². The molecule has 1 heteroatoms. The van der Waals surface area contributed by atoms with Crippen LogP contribution in [0.4, 0.5) is 0 Å². The molecule has 1 aromatic heterocycles. The molecule has 1 aliphatic rings. The van der Waals surface area contributed by atoms with Crippen LogP contribution in [-0.2, 0) is 13.5 Å². The van der Waals surface area contributed by atoms with Crippen molar-refractivity contribution < 1.29 is 4.57 Å². The highest BCUT2D eigenvalue weighted by molar-refractivity contribution is 5.94. The van der Waals surface area contributed by atoms with E-state index in [0.29, 0.717) is 5.41 Å². The Kier molecular flexibility index (Phi) is 5.27. The molecule has 1 nitrogen and oxygen atoms in total. The van der Waals surface area contributed by atoms with Gasteiger partial charge in [0.1, 0.15) is 7.05 Å². The minimum absolute atomic E-state index is 0.521. The zero-order valence-corrected chi connectivity index (χ0v) is 19.1. The van der Waals surface area contributed by atoms with Crippen molar-refractivity contribution in [3.05, 3.63) is 64.8 Å². The van der Waals surface area contributed by atoms with Crippen LogP contribution in [0.2, 0.25) is 0 Å². The number of pyridine rings is 1. The largest absolute Gasteiger partial charge is 0.220 e. The Morgan fingerprint density at radius 3 is 2.38 bits per heavy atom. The molecule has 1 fully saturated rings. The molecule has 2 aromatic carbocycles. The van der Waals surface area contributed by atoms with E-state index >= 15 is 0 Å². The molecule has 0 radical (unpaired) electrons. The number of rotatable bonds is 3. The van der Waals surface area contributed by atoms with E-state index in [9.17, 15) is 0 Å². The van der Waals surface area contributed by atoms with Crippen molar-refractivity contribution in [2.45, 2.75) is 72.6 Å². The third-order valence-corrected chi connectivity index (χ3v) is 7.34. The maximum Gasteiger partial charge on any atom is 0.220 e. The molecule has 4 rings (SSSR count). The highest BCUT2D eigenvalue weighted by Crippen LogP contribution is 2.43. The van der Waals surface area contributed by atoms with Gasteiger partial charge in [0.15, 0.2) is 5.69 Å². The summed E-state index contributed by atoms with van der Waals surface area (Å²) in [6.07, 6.45) is 6.40. The topological polar surface area (TPSA) is 3.88 Å². The lowest BCUT2D eigenvalue weighted by Crippen LogP contribution is -2.35. The predicted molar refractivity (Wildman–Crippen MR) is 124 cm³/mol. The van der Waals surface area contributed by atoms with Crippen LogP contribution in [-0.4, -0.2) is 0 Å². The van der Waals surface area contributed by atoms with Crippen molar-refractivity contribution in [1.82, 2.24) is 0 Å². The predicted octanol–water partition coefficient (Wildman–Crippen LogP) is 7.19. The van der Waals surface area contributed by atoms with E-state index in [1.807, 2.05) is 0 Å². The quantitative estimate of drug-likeness (QED) is 0.419. The zero-order chi connectivity index (χ0) is 20.8. The maximum absolute atomic E-state index is 2.48. The fraction of sp³-hybridized carbons (Fsp3) is 0.464. The molecule has 0 unspecified atom stereocenters. The number of benzene rings is 2. The Morgan fingerprint density at radius 1 is 0.966 bits per heavy atom. The highest BCUT2D eigenvalue weighted by Gasteiger charge is 2.28. The van der Waals surface area contributed by atoms with E-state index in [-0.39, 0.29) is 0 Å². The second-order valence-corrected chi connectivity index (χ2v) is 9.98. The van der Waals surface area contributed by atoms with Crippen LogP contribution in [0.5, 0.6) is 0 Å².